The van der Waals surface area contributed by atoms with Crippen LogP contribution in [-0.4, -0.2) is 28.9 Å². The highest BCUT2D eigenvalue weighted by atomic mass is 16.2. The molecule has 1 aromatic heterocycles. The predicted octanol–water partition coefficient (Wildman–Crippen LogP) is 4.90. The summed E-state index contributed by atoms with van der Waals surface area (Å²) in [5, 5.41) is 0. The van der Waals surface area contributed by atoms with Crippen LogP contribution in [0.5, 0.6) is 0 Å². The van der Waals surface area contributed by atoms with E-state index in [1.165, 1.54) is 0 Å². The average Bonchev–Trinajstić information content (AvgIpc) is 2.72. The zero-order valence-electron chi connectivity index (χ0n) is 16.0. The van der Waals surface area contributed by atoms with E-state index in [2.05, 4.69) is 4.98 Å². The number of carbonyl (C=O) groups is 1. The molecule has 0 saturated carbocycles. The number of para-hydroxylation sites is 1. The lowest BCUT2D eigenvalue weighted by Gasteiger charge is -2.27. The molecule has 3 aromatic rings. The van der Waals surface area contributed by atoms with Crippen LogP contribution in [0, 0.1) is 0 Å². The average molecular weight is 359 g/mol. The highest BCUT2D eigenvalue weighted by molar-refractivity contribution is 5.95. The maximum absolute atomic E-state index is 13.2. The first-order valence-electron chi connectivity index (χ1n) is 9.15. The van der Waals surface area contributed by atoms with Gasteiger partial charge in [0.2, 0.25) is 0 Å². The van der Waals surface area contributed by atoms with E-state index in [1.807, 2.05) is 97.4 Å². The second kappa shape index (κ2) is 8.49. The molecule has 0 fully saturated rings. The summed E-state index contributed by atoms with van der Waals surface area (Å²) in [7, 11) is 1.98. The van der Waals surface area contributed by atoms with E-state index in [4.69, 9.17) is 0 Å². The maximum atomic E-state index is 13.2. The number of rotatable bonds is 6. The number of pyridine rings is 1. The summed E-state index contributed by atoms with van der Waals surface area (Å²) in [6, 6.07) is 22.1. The summed E-state index contributed by atoms with van der Waals surface area (Å²) < 4.78 is 0. The van der Waals surface area contributed by atoms with Gasteiger partial charge >= 0.3 is 0 Å². The molecule has 0 aliphatic heterocycles. The van der Waals surface area contributed by atoms with Crippen LogP contribution in [0.1, 0.15) is 29.8 Å². The molecule has 3 rings (SSSR count). The Hall–Kier alpha value is -3.14. The van der Waals surface area contributed by atoms with Gasteiger partial charge in [0.25, 0.3) is 5.91 Å². The predicted molar refractivity (Wildman–Crippen MR) is 110 cm³/mol. The molecular weight excluding hydrogens is 334 g/mol. The Balaban J connectivity index is 1.85. The molecule has 0 aliphatic rings. The molecule has 0 bridgehead atoms. The summed E-state index contributed by atoms with van der Waals surface area (Å²) in [5.74, 6) is -0.00957. The highest BCUT2D eigenvalue weighted by Gasteiger charge is 2.20. The third kappa shape index (κ3) is 4.53. The fraction of sp³-hybridized carbons (Fsp3) is 0.217. The quantitative estimate of drug-likeness (QED) is 0.628. The number of amides is 1. The van der Waals surface area contributed by atoms with Gasteiger partial charge in [-0.3, -0.25) is 9.78 Å². The normalized spacial score (nSPS) is 10.7. The minimum absolute atomic E-state index is 0.00957. The SMILES string of the molecule is CC(C)N(Cc1ccccc1)C(=O)c1cncc(N(C)c2ccccc2)c1. The first-order chi connectivity index (χ1) is 13.1. The molecule has 0 unspecified atom stereocenters. The van der Waals surface area contributed by atoms with Crippen LogP contribution < -0.4 is 4.90 Å². The van der Waals surface area contributed by atoms with E-state index in [-0.39, 0.29) is 11.9 Å². The van der Waals surface area contributed by atoms with Gasteiger partial charge in [-0.25, -0.2) is 0 Å². The van der Waals surface area contributed by atoms with Crippen LogP contribution in [-0.2, 0) is 6.54 Å². The molecule has 0 aliphatic carbocycles. The lowest BCUT2D eigenvalue weighted by atomic mass is 10.1. The molecule has 1 amide bonds. The monoisotopic (exact) mass is 359 g/mol. The van der Waals surface area contributed by atoms with Gasteiger partial charge in [0.05, 0.1) is 17.4 Å². The van der Waals surface area contributed by atoms with E-state index in [1.54, 1.807) is 12.4 Å². The highest BCUT2D eigenvalue weighted by Crippen LogP contribution is 2.24. The van der Waals surface area contributed by atoms with Crippen molar-refractivity contribution in [3.8, 4) is 0 Å². The number of carbonyl (C=O) groups excluding carboxylic acids is 1. The van der Waals surface area contributed by atoms with Crippen molar-refractivity contribution in [3.63, 3.8) is 0 Å². The van der Waals surface area contributed by atoms with Gasteiger partial charge in [0, 0.05) is 31.5 Å². The van der Waals surface area contributed by atoms with Crippen molar-refractivity contribution in [3.05, 3.63) is 90.3 Å². The van der Waals surface area contributed by atoms with Gasteiger partial charge in [0.15, 0.2) is 0 Å². The molecule has 0 N–H and O–H groups in total. The van der Waals surface area contributed by atoms with Crippen molar-refractivity contribution < 1.29 is 4.79 Å². The second-order valence-electron chi connectivity index (χ2n) is 6.84. The van der Waals surface area contributed by atoms with Crippen molar-refractivity contribution >= 4 is 17.3 Å². The van der Waals surface area contributed by atoms with Crippen LogP contribution in [0.4, 0.5) is 11.4 Å². The van der Waals surface area contributed by atoms with Gasteiger partial charge in [-0.1, -0.05) is 48.5 Å². The standard InChI is InChI=1S/C23H25N3O/c1-18(2)26(17-19-10-6-4-7-11-19)23(27)20-14-22(16-24-15-20)25(3)21-12-8-5-9-13-21/h4-16,18H,17H2,1-3H3. The molecule has 0 spiro atoms. The van der Waals surface area contributed by atoms with Crippen LogP contribution in [0.25, 0.3) is 0 Å². The van der Waals surface area contributed by atoms with E-state index < -0.39 is 0 Å². The first-order valence-corrected chi connectivity index (χ1v) is 9.15. The molecule has 4 heteroatoms. The van der Waals surface area contributed by atoms with E-state index in [9.17, 15) is 4.79 Å². The molecule has 2 aromatic carbocycles. The molecule has 27 heavy (non-hydrogen) atoms. The van der Waals surface area contributed by atoms with Gasteiger partial charge < -0.3 is 9.80 Å². The summed E-state index contributed by atoms with van der Waals surface area (Å²) in [4.78, 5) is 21.4. The molecule has 138 valence electrons. The van der Waals surface area contributed by atoms with Crippen LogP contribution in [0.2, 0.25) is 0 Å². The third-order valence-electron chi connectivity index (χ3n) is 4.58. The van der Waals surface area contributed by atoms with Crippen LogP contribution >= 0.6 is 0 Å². The van der Waals surface area contributed by atoms with Gasteiger partial charge in [0.1, 0.15) is 0 Å². The largest absolute Gasteiger partial charge is 0.343 e. The summed E-state index contributed by atoms with van der Waals surface area (Å²) in [5.41, 5.74) is 3.65. The summed E-state index contributed by atoms with van der Waals surface area (Å²) >= 11 is 0. The van der Waals surface area contributed by atoms with E-state index >= 15 is 0 Å². The summed E-state index contributed by atoms with van der Waals surface area (Å²) in [6.07, 6.45) is 3.42. The number of nitrogens with zero attached hydrogens (tertiary/aromatic N) is 3. The van der Waals surface area contributed by atoms with E-state index in [0.717, 1.165) is 16.9 Å². The Morgan fingerprint density at radius 3 is 2.19 bits per heavy atom. The Morgan fingerprint density at radius 1 is 0.926 bits per heavy atom. The number of anilines is 2. The van der Waals surface area contributed by atoms with Crippen LogP contribution in [0.3, 0.4) is 0 Å². The first kappa shape index (κ1) is 18.6. The second-order valence-corrected chi connectivity index (χ2v) is 6.84. The van der Waals surface area contributed by atoms with Gasteiger partial charge in [-0.05, 0) is 37.6 Å². The van der Waals surface area contributed by atoms with Crippen molar-refractivity contribution in [2.75, 3.05) is 11.9 Å². The number of benzene rings is 2. The van der Waals surface area contributed by atoms with Gasteiger partial charge in [-0.15, -0.1) is 0 Å². The maximum Gasteiger partial charge on any atom is 0.256 e. The summed E-state index contributed by atoms with van der Waals surface area (Å²) in [6.45, 7) is 4.65. The van der Waals surface area contributed by atoms with Crippen molar-refractivity contribution in [2.45, 2.75) is 26.4 Å². The molecule has 0 saturated heterocycles. The Kier molecular flexibility index (Phi) is 5.87. The molecule has 4 nitrogen and oxygen atoms in total. The fourth-order valence-corrected chi connectivity index (χ4v) is 2.96. The van der Waals surface area contributed by atoms with E-state index in [0.29, 0.717) is 12.1 Å². The Morgan fingerprint density at radius 2 is 1.56 bits per heavy atom. The Bertz CT molecular complexity index is 878. The van der Waals surface area contributed by atoms with Crippen molar-refractivity contribution in [2.24, 2.45) is 0 Å². The minimum Gasteiger partial charge on any atom is -0.343 e. The van der Waals surface area contributed by atoms with Crippen molar-refractivity contribution in [1.82, 2.24) is 9.88 Å². The topological polar surface area (TPSA) is 36.4 Å². The lowest BCUT2D eigenvalue weighted by Crippen LogP contribution is -2.36. The molecular formula is C23H25N3O. The van der Waals surface area contributed by atoms with Gasteiger partial charge in [-0.2, -0.15) is 0 Å². The third-order valence-corrected chi connectivity index (χ3v) is 4.58. The lowest BCUT2D eigenvalue weighted by molar-refractivity contribution is 0.0690. The number of aromatic nitrogens is 1. The zero-order valence-corrected chi connectivity index (χ0v) is 16.0. The number of hydrogen-bond donors (Lipinski definition) is 0. The molecule has 0 radical (unpaired) electrons. The molecule has 0 atom stereocenters. The zero-order chi connectivity index (χ0) is 19.2. The number of hydrogen-bond acceptors (Lipinski definition) is 3. The van der Waals surface area contributed by atoms with Crippen molar-refractivity contribution in [1.29, 1.82) is 0 Å². The minimum atomic E-state index is -0.00957. The Labute approximate surface area is 161 Å². The molecule has 1 heterocycles. The smallest absolute Gasteiger partial charge is 0.256 e. The van der Waals surface area contributed by atoms with Crippen LogP contribution in [0.15, 0.2) is 79.1 Å². The fourth-order valence-electron chi connectivity index (χ4n) is 2.96.